The largest absolute Gasteiger partial charge is 0.465 e. The van der Waals surface area contributed by atoms with Gasteiger partial charge >= 0.3 is 11.9 Å². The molecule has 0 amide bonds. The number of hydrogen-bond donors (Lipinski definition) is 1. The van der Waals surface area contributed by atoms with Crippen LogP contribution >= 0.6 is 11.8 Å². The second kappa shape index (κ2) is 9.54. The summed E-state index contributed by atoms with van der Waals surface area (Å²) in [5.74, 6) is -1.34. The van der Waals surface area contributed by atoms with Crippen LogP contribution in [0.5, 0.6) is 0 Å². The van der Waals surface area contributed by atoms with Crippen LogP contribution in [0, 0.1) is 19.7 Å². The Bertz CT molecular complexity index is 875. The highest BCUT2D eigenvalue weighted by molar-refractivity contribution is 7.99. The van der Waals surface area contributed by atoms with Gasteiger partial charge in [-0.1, -0.05) is 0 Å². The van der Waals surface area contributed by atoms with Crippen LogP contribution in [0.2, 0.25) is 0 Å². The maximum Gasteiger partial charge on any atom is 0.339 e. The third-order valence-corrected chi connectivity index (χ3v) is 5.15. The first-order valence-electron chi connectivity index (χ1n) is 8.64. The van der Waals surface area contributed by atoms with Gasteiger partial charge in [0.2, 0.25) is 5.78 Å². The monoisotopic (exact) mass is 407 g/mol. The summed E-state index contributed by atoms with van der Waals surface area (Å²) >= 11 is 1.39. The van der Waals surface area contributed by atoms with Gasteiger partial charge in [-0.15, -0.1) is 11.8 Å². The van der Waals surface area contributed by atoms with E-state index in [0.717, 1.165) is 4.90 Å². The highest BCUT2D eigenvalue weighted by Crippen LogP contribution is 2.22. The molecule has 1 heterocycles. The molecule has 1 unspecified atom stereocenters. The zero-order valence-corrected chi connectivity index (χ0v) is 16.9. The van der Waals surface area contributed by atoms with Crippen molar-refractivity contribution in [2.75, 3.05) is 12.9 Å². The standard InChI is InChI=1S/C20H22FNO5S/c1-11-17(20(25)26-4)12(2)22-18(11)19(24)13(3)27-16(23)9-10-28-15-7-5-14(21)6-8-15/h5-8,13,22H,9-10H2,1-4H3. The van der Waals surface area contributed by atoms with Crippen molar-refractivity contribution in [1.29, 1.82) is 0 Å². The normalized spacial score (nSPS) is 11.8. The molecule has 150 valence electrons. The van der Waals surface area contributed by atoms with E-state index in [2.05, 4.69) is 4.98 Å². The van der Waals surface area contributed by atoms with E-state index in [1.165, 1.54) is 37.9 Å². The number of esters is 2. The lowest BCUT2D eigenvalue weighted by molar-refractivity contribution is -0.145. The number of halogens is 1. The Morgan fingerprint density at radius 1 is 1.18 bits per heavy atom. The summed E-state index contributed by atoms with van der Waals surface area (Å²) in [7, 11) is 1.27. The van der Waals surface area contributed by atoms with E-state index >= 15 is 0 Å². The Morgan fingerprint density at radius 3 is 2.43 bits per heavy atom. The lowest BCUT2D eigenvalue weighted by Gasteiger charge is -2.12. The molecule has 0 saturated carbocycles. The van der Waals surface area contributed by atoms with Crippen molar-refractivity contribution in [2.24, 2.45) is 0 Å². The molecular formula is C20H22FNO5S. The number of benzene rings is 1. The molecule has 0 saturated heterocycles. The molecule has 1 aromatic carbocycles. The topological polar surface area (TPSA) is 85.5 Å². The van der Waals surface area contributed by atoms with Crippen LogP contribution in [0.4, 0.5) is 4.39 Å². The van der Waals surface area contributed by atoms with Gasteiger partial charge in [0.05, 0.1) is 24.8 Å². The van der Waals surface area contributed by atoms with Gasteiger partial charge in [-0.3, -0.25) is 9.59 Å². The summed E-state index contributed by atoms with van der Waals surface area (Å²) in [4.78, 5) is 40.2. The summed E-state index contributed by atoms with van der Waals surface area (Å²) in [5, 5.41) is 0. The van der Waals surface area contributed by atoms with Gasteiger partial charge in [0, 0.05) is 16.3 Å². The molecule has 28 heavy (non-hydrogen) atoms. The maximum absolute atomic E-state index is 12.9. The molecule has 2 rings (SSSR count). The second-order valence-corrected chi connectivity index (χ2v) is 7.33. The number of H-pyrrole nitrogens is 1. The lowest BCUT2D eigenvalue weighted by atomic mass is 10.1. The van der Waals surface area contributed by atoms with Crippen molar-refractivity contribution in [1.82, 2.24) is 4.98 Å². The van der Waals surface area contributed by atoms with Gasteiger partial charge in [0.25, 0.3) is 0 Å². The summed E-state index contributed by atoms with van der Waals surface area (Å²) < 4.78 is 22.8. The number of ketones is 1. The number of nitrogens with one attached hydrogen (secondary N) is 1. The summed E-state index contributed by atoms with van der Waals surface area (Å²) in [6.45, 7) is 4.79. The number of carbonyl (C=O) groups excluding carboxylic acids is 3. The van der Waals surface area contributed by atoms with E-state index in [0.29, 0.717) is 22.6 Å². The number of aromatic amines is 1. The lowest BCUT2D eigenvalue weighted by Crippen LogP contribution is -2.25. The highest BCUT2D eigenvalue weighted by Gasteiger charge is 2.27. The third-order valence-electron chi connectivity index (χ3n) is 4.14. The first-order chi connectivity index (χ1) is 13.2. The smallest absolute Gasteiger partial charge is 0.339 e. The SMILES string of the molecule is COC(=O)c1c(C)[nH]c(C(=O)C(C)OC(=O)CCSc2ccc(F)cc2)c1C. The zero-order chi connectivity index (χ0) is 20.8. The molecule has 0 spiro atoms. The van der Waals surface area contributed by atoms with Gasteiger partial charge < -0.3 is 14.5 Å². The minimum Gasteiger partial charge on any atom is -0.465 e. The fourth-order valence-electron chi connectivity index (χ4n) is 2.70. The van der Waals surface area contributed by atoms with Crippen molar-refractivity contribution < 1.29 is 28.2 Å². The van der Waals surface area contributed by atoms with Crippen LogP contribution in [0.3, 0.4) is 0 Å². The molecule has 0 aliphatic rings. The van der Waals surface area contributed by atoms with Crippen LogP contribution in [0.15, 0.2) is 29.2 Å². The molecule has 8 heteroatoms. The molecule has 2 aromatic rings. The van der Waals surface area contributed by atoms with Crippen molar-refractivity contribution in [3.8, 4) is 0 Å². The van der Waals surface area contributed by atoms with E-state index in [9.17, 15) is 18.8 Å². The van der Waals surface area contributed by atoms with Crippen LogP contribution in [-0.2, 0) is 14.3 Å². The van der Waals surface area contributed by atoms with E-state index in [1.54, 1.807) is 26.0 Å². The van der Waals surface area contributed by atoms with Crippen LogP contribution in [0.25, 0.3) is 0 Å². The van der Waals surface area contributed by atoms with Crippen molar-refractivity contribution in [3.05, 3.63) is 52.6 Å². The van der Waals surface area contributed by atoms with Crippen LogP contribution in [0.1, 0.15) is 45.4 Å². The number of aryl methyl sites for hydroxylation is 1. The Hall–Kier alpha value is -2.61. The fraction of sp³-hybridized carbons (Fsp3) is 0.350. The number of carbonyl (C=O) groups is 3. The molecule has 0 radical (unpaired) electrons. The van der Waals surface area contributed by atoms with Gasteiger partial charge in [-0.05, 0) is 50.6 Å². The maximum atomic E-state index is 12.9. The number of methoxy groups -OCH3 is 1. The zero-order valence-electron chi connectivity index (χ0n) is 16.1. The van der Waals surface area contributed by atoms with Crippen molar-refractivity contribution in [2.45, 2.75) is 38.2 Å². The van der Waals surface area contributed by atoms with Crippen LogP contribution < -0.4 is 0 Å². The van der Waals surface area contributed by atoms with Crippen molar-refractivity contribution in [3.63, 3.8) is 0 Å². The Balaban J connectivity index is 1.92. The van der Waals surface area contributed by atoms with Gasteiger partial charge in [-0.25, -0.2) is 9.18 Å². The van der Waals surface area contributed by atoms with Gasteiger partial charge in [0.15, 0.2) is 6.10 Å². The summed E-state index contributed by atoms with van der Waals surface area (Å²) in [6.07, 6.45) is -0.888. The average molecular weight is 407 g/mol. The van der Waals surface area contributed by atoms with Gasteiger partial charge in [0.1, 0.15) is 5.82 Å². The van der Waals surface area contributed by atoms with Crippen LogP contribution in [-0.4, -0.2) is 41.7 Å². The quantitative estimate of drug-likeness (QED) is 0.406. The third kappa shape index (κ3) is 5.22. The number of aromatic nitrogens is 1. The predicted octanol–water partition coefficient (Wildman–Crippen LogP) is 3.85. The average Bonchev–Trinajstić information content (AvgIpc) is 2.96. The molecule has 1 atom stereocenters. The van der Waals surface area contributed by atoms with E-state index in [4.69, 9.17) is 9.47 Å². The Morgan fingerprint density at radius 2 is 1.82 bits per heavy atom. The Labute approximate surface area is 166 Å². The molecule has 0 aliphatic carbocycles. The molecule has 1 N–H and O–H groups in total. The number of rotatable bonds is 8. The van der Waals surface area contributed by atoms with E-state index in [1.807, 2.05) is 0 Å². The van der Waals surface area contributed by atoms with Gasteiger partial charge in [-0.2, -0.15) is 0 Å². The minimum atomic E-state index is -0.995. The summed E-state index contributed by atoms with van der Waals surface area (Å²) in [5.41, 5.74) is 1.50. The highest BCUT2D eigenvalue weighted by atomic mass is 32.2. The number of hydrogen-bond acceptors (Lipinski definition) is 6. The number of ether oxygens (including phenoxy) is 2. The minimum absolute atomic E-state index is 0.107. The second-order valence-electron chi connectivity index (χ2n) is 6.17. The van der Waals surface area contributed by atoms with E-state index in [-0.39, 0.29) is 17.9 Å². The summed E-state index contributed by atoms with van der Waals surface area (Å²) in [6, 6.07) is 5.97. The van der Waals surface area contributed by atoms with E-state index < -0.39 is 23.8 Å². The molecule has 0 fully saturated rings. The first kappa shape index (κ1) is 21.7. The molecule has 1 aromatic heterocycles. The molecular weight excluding hydrogens is 385 g/mol. The number of Topliss-reactive ketones (excluding diaryl/α,β-unsaturated/α-hetero) is 1. The molecule has 6 nitrogen and oxygen atoms in total. The number of thioether (sulfide) groups is 1. The predicted molar refractivity (Wildman–Crippen MR) is 103 cm³/mol. The fourth-order valence-corrected chi connectivity index (χ4v) is 3.53. The Kier molecular flexibility index (Phi) is 7.39. The molecule has 0 bridgehead atoms. The first-order valence-corrected chi connectivity index (χ1v) is 9.62. The van der Waals surface area contributed by atoms with Crippen molar-refractivity contribution >= 4 is 29.5 Å². The molecule has 0 aliphatic heterocycles.